The standard InChI is InChI=1S/C18H16N4O/c1-13-17-18(22(20-13)15-6-4-3-5-7-15)19-12-21(17)14-8-10-16(23-2)11-9-14/h3-12H,1-2H3. The number of nitrogens with zero attached hydrogens (tertiary/aromatic N) is 4. The largest absolute Gasteiger partial charge is 0.497 e. The third-order valence-corrected chi connectivity index (χ3v) is 3.89. The van der Waals surface area contributed by atoms with E-state index in [1.165, 1.54) is 0 Å². The van der Waals surface area contributed by atoms with E-state index >= 15 is 0 Å². The SMILES string of the molecule is COc1ccc(-n2cnc3c2c(C)nn3-c2ccccc2)cc1. The highest BCUT2D eigenvalue weighted by Crippen LogP contribution is 2.24. The van der Waals surface area contributed by atoms with Crippen molar-refractivity contribution in [3.05, 3.63) is 66.6 Å². The second-order valence-electron chi connectivity index (χ2n) is 5.32. The Morgan fingerprint density at radius 3 is 2.35 bits per heavy atom. The zero-order chi connectivity index (χ0) is 15.8. The summed E-state index contributed by atoms with van der Waals surface area (Å²) in [5, 5.41) is 4.65. The molecular formula is C18H16N4O. The first-order chi connectivity index (χ1) is 11.3. The average molecular weight is 304 g/mol. The lowest BCUT2D eigenvalue weighted by molar-refractivity contribution is 0.415. The summed E-state index contributed by atoms with van der Waals surface area (Å²) >= 11 is 0. The Morgan fingerprint density at radius 2 is 1.65 bits per heavy atom. The zero-order valence-electron chi connectivity index (χ0n) is 13.0. The van der Waals surface area contributed by atoms with Gasteiger partial charge in [0.05, 0.1) is 18.5 Å². The highest BCUT2D eigenvalue weighted by atomic mass is 16.5. The van der Waals surface area contributed by atoms with Crippen molar-refractivity contribution >= 4 is 11.2 Å². The van der Waals surface area contributed by atoms with Crippen LogP contribution in [0.25, 0.3) is 22.5 Å². The van der Waals surface area contributed by atoms with Crippen molar-refractivity contribution in [2.45, 2.75) is 6.92 Å². The molecule has 0 radical (unpaired) electrons. The summed E-state index contributed by atoms with van der Waals surface area (Å²) in [4.78, 5) is 4.57. The van der Waals surface area contributed by atoms with Gasteiger partial charge in [0.2, 0.25) is 0 Å². The van der Waals surface area contributed by atoms with Crippen LogP contribution < -0.4 is 4.74 Å². The van der Waals surface area contributed by atoms with Crippen LogP contribution in [0.4, 0.5) is 0 Å². The molecule has 0 bridgehead atoms. The lowest BCUT2D eigenvalue weighted by atomic mass is 10.3. The minimum absolute atomic E-state index is 0.835. The molecule has 0 saturated carbocycles. The highest BCUT2D eigenvalue weighted by molar-refractivity contribution is 5.78. The molecule has 23 heavy (non-hydrogen) atoms. The maximum Gasteiger partial charge on any atom is 0.181 e. The van der Waals surface area contributed by atoms with Crippen molar-refractivity contribution in [2.24, 2.45) is 0 Å². The summed E-state index contributed by atoms with van der Waals surface area (Å²) in [6, 6.07) is 18.0. The van der Waals surface area contributed by atoms with Crippen LogP contribution in [0.3, 0.4) is 0 Å². The Bertz CT molecular complexity index is 952. The molecule has 0 atom stereocenters. The fraction of sp³-hybridized carbons (Fsp3) is 0.111. The number of hydrogen-bond donors (Lipinski definition) is 0. The van der Waals surface area contributed by atoms with E-state index in [4.69, 9.17) is 4.74 Å². The van der Waals surface area contributed by atoms with Crippen LogP contribution in [0.2, 0.25) is 0 Å². The van der Waals surface area contributed by atoms with Crippen LogP contribution in [0, 0.1) is 6.92 Å². The Hall–Kier alpha value is -3.08. The van der Waals surface area contributed by atoms with Gasteiger partial charge in [-0.2, -0.15) is 5.10 Å². The number of aryl methyl sites for hydroxylation is 1. The fourth-order valence-corrected chi connectivity index (χ4v) is 2.76. The van der Waals surface area contributed by atoms with E-state index in [0.29, 0.717) is 0 Å². The van der Waals surface area contributed by atoms with Crippen LogP contribution in [0.1, 0.15) is 5.69 Å². The van der Waals surface area contributed by atoms with E-state index in [1.807, 2.05) is 72.5 Å². The number of aromatic nitrogens is 4. The molecule has 2 aromatic carbocycles. The van der Waals surface area contributed by atoms with E-state index < -0.39 is 0 Å². The van der Waals surface area contributed by atoms with Crippen molar-refractivity contribution in [1.29, 1.82) is 0 Å². The first-order valence-corrected chi connectivity index (χ1v) is 7.40. The molecule has 4 rings (SSSR count). The average Bonchev–Trinajstić information content (AvgIpc) is 3.17. The Labute approximate surface area is 133 Å². The van der Waals surface area contributed by atoms with Crippen molar-refractivity contribution in [2.75, 3.05) is 7.11 Å². The normalized spacial score (nSPS) is 11.0. The van der Waals surface area contributed by atoms with Crippen molar-refractivity contribution in [3.8, 4) is 17.1 Å². The van der Waals surface area contributed by atoms with Crippen molar-refractivity contribution < 1.29 is 4.74 Å². The molecule has 0 N–H and O–H groups in total. The van der Waals surface area contributed by atoms with Gasteiger partial charge in [-0.25, -0.2) is 9.67 Å². The molecule has 0 spiro atoms. The van der Waals surface area contributed by atoms with Crippen LogP contribution in [0.15, 0.2) is 60.9 Å². The molecule has 0 aliphatic heterocycles. The molecule has 0 aliphatic rings. The van der Waals surface area contributed by atoms with Gasteiger partial charge >= 0.3 is 0 Å². The summed E-state index contributed by atoms with van der Waals surface area (Å²) < 4.78 is 9.15. The van der Waals surface area contributed by atoms with Gasteiger partial charge in [0, 0.05) is 5.69 Å². The van der Waals surface area contributed by atoms with Crippen LogP contribution in [-0.2, 0) is 0 Å². The fourth-order valence-electron chi connectivity index (χ4n) is 2.76. The molecule has 2 aromatic heterocycles. The molecule has 4 aromatic rings. The monoisotopic (exact) mass is 304 g/mol. The third-order valence-electron chi connectivity index (χ3n) is 3.89. The van der Waals surface area contributed by atoms with E-state index in [0.717, 1.165) is 34.0 Å². The molecule has 2 heterocycles. The molecule has 0 fully saturated rings. The minimum Gasteiger partial charge on any atom is -0.497 e. The molecule has 5 heteroatoms. The van der Waals surface area contributed by atoms with Crippen molar-refractivity contribution in [3.63, 3.8) is 0 Å². The number of para-hydroxylation sites is 1. The number of imidazole rings is 1. The second-order valence-corrected chi connectivity index (χ2v) is 5.32. The number of ether oxygens (including phenoxy) is 1. The summed E-state index contributed by atoms with van der Waals surface area (Å²) in [5.74, 6) is 0.835. The van der Waals surface area contributed by atoms with Gasteiger partial charge in [0.1, 0.15) is 17.6 Å². The molecule has 0 saturated heterocycles. The quantitative estimate of drug-likeness (QED) is 0.581. The van der Waals surface area contributed by atoms with Crippen LogP contribution in [0.5, 0.6) is 5.75 Å². The smallest absolute Gasteiger partial charge is 0.181 e. The van der Waals surface area contributed by atoms with Crippen molar-refractivity contribution in [1.82, 2.24) is 19.3 Å². The summed E-state index contributed by atoms with van der Waals surface area (Å²) in [6.45, 7) is 2.00. The van der Waals surface area contributed by atoms with Crippen LogP contribution >= 0.6 is 0 Å². The third kappa shape index (κ3) is 2.17. The maximum atomic E-state index is 5.22. The van der Waals surface area contributed by atoms with Gasteiger partial charge in [-0.3, -0.25) is 4.57 Å². The van der Waals surface area contributed by atoms with Gasteiger partial charge in [-0.15, -0.1) is 0 Å². The van der Waals surface area contributed by atoms with Gasteiger partial charge in [-0.05, 0) is 43.3 Å². The number of fused-ring (bicyclic) bond motifs is 1. The van der Waals surface area contributed by atoms with Gasteiger partial charge in [-0.1, -0.05) is 18.2 Å². The topological polar surface area (TPSA) is 44.9 Å². The van der Waals surface area contributed by atoms with E-state index in [2.05, 4.69) is 14.6 Å². The number of hydrogen-bond acceptors (Lipinski definition) is 3. The first-order valence-electron chi connectivity index (χ1n) is 7.40. The number of methoxy groups -OCH3 is 1. The predicted octanol–water partition coefficient (Wildman–Crippen LogP) is 3.53. The molecule has 0 unspecified atom stereocenters. The second kappa shape index (κ2) is 5.28. The van der Waals surface area contributed by atoms with E-state index in [1.54, 1.807) is 7.11 Å². The first kappa shape index (κ1) is 13.6. The van der Waals surface area contributed by atoms with Gasteiger partial charge in [0.15, 0.2) is 5.65 Å². The highest BCUT2D eigenvalue weighted by Gasteiger charge is 2.15. The van der Waals surface area contributed by atoms with Gasteiger partial charge < -0.3 is 4.74 Å². The van der Waals surface area contributed by atoms with E-state index in [9.17, 15) is 0 Å². The van der Waals surface area contributed by atoms with E-state index in [-0.39, 0.29) is 0 Å². The van der Waals surface area contributed by atoms with Crippen LogP contribution in [-0.4, -0.2) is 26.4 Å². The van der Waals surface area contributed by atoms with Gasteiger partial charge in [0.25, 0.3) is 0 Å². The minimum atomic E-state index is 0.835. The molecule has 5 nitrogen and oxygen atoms in total. The number of rotatable bonds is 3. The lowest BCUT2D eigenvalue weighted by Crippen LogP contribution is -1.96. The summed E-state index contributed by atoms with van der Waals surface area (Å²) in [5.41, 5.74) is 4.84. The lowest BCUT2D eigenvalue weighted by Gasteiger charge is -2.04. The molecule has 0 amide bonds. The molecular weight excluding hydrogens is 288 g/mol. The number of benzene rings is 2. The Balaban J connectivity index is 1.88. The summed E-state index contributed by atoms with van der Waals surface area (Å²) in [7, 11) is 1.67. The Kier molecular flexibility index (Phi) is 3.12. The molecule has 114 valence electrons. The molecule has 0 aliphatic carbocycles. The maximum absolute atomic E-state index is 5.22. The predicted molar refractivity (Wildman–Crippen MR) is 89.5 cm³/mol. The Morgan fingerprint density at radius 1 is 0.913 bits per heavy atom. The summed E-state index contributed by atoms with van der Waals surface area (Å²) in [6.07, 6.45) is 1.83. The zero-order valence-corrected chi connectivity index (χ0v) is 13.0.